The van der Waals surface area contributed by atoms with Crippen molar-refractivity contribution >= 4 is 17.6 Å². The summed E-state index contributed by atoms with van der Waals surface area (Å²) in [5.74, 6) is -1.96. The number of carbonyl (C=O) groups excluding carboxylic acids is 2. The molecule has 0 radical (unpaired) electrons. The number of aryl methyl sites for hydroxylation is 2. The molecule has 0 bridgehead atoms. The van der Waals surface area contributed by atoms with E-state index in [2.05, 4.69) is 20.8 Å². The second kappa shape index (κ2) is 16.9. The van der Waals surface area contributed by atoms with E-state index in [0.29, 0.717) is 42.5 Å². The monoisotopic (exact) mass is 670 g/mol. The Labute approximate surface area is 270 Å². The Morgan fingerprint density at radius 3 is 2.43 bits per heavy atom. The Morgan fingerprint density at radius 2 is 1.83 bits per heavy atom. The number of carbonyl (C=O) groups is 2. The number of alkyl halides is 5. The molecule has 5 heterocycles. The van der Waals surface area contributed by atoms with E-state index in [1.807, 2.05) is 13.8 Å². The lowest BCUT2D eigenvalue weighted by Gasteiger charge is -2.33. The molecule has 0 spiro atoms. The Bertz CT molecular complexity index is 1440. The maximum Gasteiger partial charge on any atom is 0.379 e. The van der Waals surface area contributed by atoms with Gasteiger partial charge in [-0.2, -0.15) is 23.4 Å². The summed E-state index contributed by atoms with van der Waals surface area (Å²) in [5.41, 5.74) is 2.76. The van der Waals surface area contributed by atoms with Crippen molar-refractivity contribution in [1.82, 2.24) is 40.0 Å². The number of amides is 2. The lowest BCUT2D eigenvalue weighted by molar-refractivity contribution is -0.122. The normalized spacial score (nSPS) is 19.3. The molecule has 47 heavy (non-hydrogen) atoms. The number of aromatic nitrogens is 6. The number of nitrogens with one attached hydrogen (secondary N) is 2. The second-order valence-corrected chi connectivity index (χ2v) is 12.0. The average molecular weight is 671 g/mol. The highest BCUT2D eigenvalue weighted by molar-refractivity contribution is 5.92. The molecule has 3 aromatic rings. The van der Waals surface area contributed by atoms with E-state index in [1.54, 1.807) is 27.7 Å². The fourth-order valence-corrected chi connectivity index (χ4v) is 6.07. The van der Waals surface area contributed by atoms with Crippen molar-refractivity contribution in [3.8, 4) is 0 Å². The van der Waals surface area contributed by atoms with Gasteiger partial charge < -0.3 is 15.4 Å². The predicted molar refractivity (Wildman–Crippen MR) is 162 cm³/mol. The molecule has 2 saturated heterocycles. The van der Waals surface area contributed by atoms with E-state index in [9.17, 15) is 31.5 Å². The van der Waals surface area contributed by atoms with Gasteiger partial charge in [-0.05, 0) is 76.7 Å². The lowest BCUT2D eigenvalue weighted by Crippen LogP contribution is -2.38. The molecule has 1 aliphatic carbocycles. The van der Waals surface area contributed by atoms with E-state index in [1.165, 1.54) is 0 Å². The molecular weight excluding hydrogens is 627 g/mol. The molecular formula is C31H43F5N8O3. The van der Waals surface area contributed by atoms with Gasteiger partial charge in [0.25, 0.3) is 11.7 Å². The van der Waals surface area contributed by atoms with Gasteiger partial charge in [0.15, 0.2) is 0 Å². The van der Waals surface area contributed by atoms with Crippen LogP contribution in [0.1, 0.15) is 98.3 Å². The maximum atomic E-state index is 13.9. The van der Waals surface area contributed by atoms with Crippen LogP contribution in [0.25, 0.3) is 5.78 Å². The standard InChI is InChI=1S/C25H33F2N7O2.C5H9NO.CHF3/c1-3-33-21(6-11-28-33)23(35)31-22(18-4-9-25(26,27)10-5-18)20-15-34-24(30-20)29-19(16(2)32-34)14-17-7-12-36-13-8-17;7-5-3-1-2-4-6-5;2-1(3)4/h6,11,15,17-18,22H,3-5,7-10,12-14H2,1-2H3,(H,31,35);1-4H2,(H,6,7);1H. The Balaban J connectivity index is 0.000000388. The summed E-state index contributed by atoms with van der Waals surface area (Å²) in [4.78, 5) is 33.1. The minimum absolute atomic E-state index is 0.167. The Hall–Kier alpha value is -3.69. The lowest BCUT2D eigenvalue weighted by atomic mass is 9.81. The number of hydrogen-bond acceptors (Lipinski definition) is 7. The number of rotatable bonds is 7. The molecule has 3 aromatic heterocycles. The van der Waals surface area contributed by atoms with Crippen molar-refractivity contribution in [2.24, 2.45) is 11.8 Å². The maximum absolute atomic E-state index is 13.9. The topological polar surface area (TPSA) is 128 Å². The fourth-order valence-electron chi connectivity index (χ4n) is 6.07. The number of piperidine rings is 1. The molecule has 2 amide bonds. The van der Waals surface area contributed by atoms with Crippen molar-refractivity contribution in [2.45, 2.75) is 103 Å². The first-order valence-corrected chi connectivity index (χ1v) is 16.2. The summed E-state index contributed by atoms with van der Waals surface area (Å²) in [6, 6.07) is 1.13. The number of halogens is 5. The summed E-state index contributed by atoms with van der Waals surface area (Å²) in [7, 11) is 0. The zero-order valence-corrected chi connectivity index (χ0v) is 26.7. The average Bonchev–Trinajstić information content (AvgIpc) is 3.68. The summed E-state index contributed by atoms with van der Waals surface area (Å²) in [6.45, 7) is 3.16. The van der Waals surface area contributed by atoms with E-state index >= 15 is 0 Å². The molecule has 1 atom stereocenters. The van der Waals surface area contributed by atoms with Crippen LogP contribution in [-0.2, 0) is 22.5 Å². The highest BCUT2D eigenvalue weighted by Crippen LogP contribution is 2.41. The molecule has 2 aliphatic heterocycles. The first-order valence-electron chi connectivity index (χ1n) is 16.2. The van der Waals surface area contributed by atoms with E-state index in [4.69, 9.17) is 14.7 Å². The van der Waals surface area contributed by atoms with Gasteiger partial charge in [-0.1, -0.05) is 0 Å². The molecule has 6 rings (SSSR count). The van der Waals surface area contributed by atoms with Crippen molar-refractivity contribution in [3.63, 3.8) is 0 Å². The van der Waals surface area contributed by atoms with Crippen molar-refractivity contribution in [2.75, 3.05) is 19.8 Å². The van der Waals surface area contributed by atoms with Gasteiger partial charge in [0.2, 0.25) is 11.8 Å². The second-order valence-electron chi connectivity index (χ2n) is 12.0. The van der Waals surface area contributed by atoms with E-state index in [-0.39, 0.29) is 30.6 Å². The van der Waals surface area contributed by atoms with Gasteiger partial charge in [-0.3, -0.25) is 14.3 Å². The SMILES string of the molecule is CCn1nccc1C(=O)NC(c1cn2nc(C)c(CC3CCOCC3)nc2n1)C1CCC(F)(F)CC1.FC(F)F.O=C1CCCCN1. The molecule has 3 aliphatic rings. The molecule has 2 N–H and O–H groups in total. The largest absolute Gasteiger partial charge is 0.381 e. The summed E-state index contributed by atoms with van der Waals surface area (Å²) in [6.07, 6.45) is 9.34. The van der Waals surface area contributed by atoms with Crippen molar-refractivity contribution in [3.05, 3.63) is 41.2 Å². The summed E-state index contributed by atoms with van der Waals surface area (Å²) >= 11 is 0. The van der Waals surface area contributed by atoms with Crippen LogP contribution in [0.5, 0.6) is 0 Å². The van der Waals surface area contributed by atoms with Crippen LogP contribution >= 0.6 is 0 Å². The first-order chi connectivity index (χ1) is 22.5. The molecule has 0 aromatic carbocycles. The molecule has 1 unspecified atom stereocenters. The smallest absolute Gasteiger partial charge is 0.379 e. The fraction of sp³-hybridized carbons (Fsp3) is 0.677. The molecule has 11 nitrogen and oxygen atoms in total. The highest BCUT2D eigenvalue weighted by atomic mass is 19.4. The van der Waals surface area contributed by atoms with Gasteiger partial charge >= 0.3 is 6.68 Å². The number of imidazole rings is 1. The third-order valence-electron chi connectivity index (χ3n) is 8.66. The van der Waals surface area contributed by atoms with Crippen LogP contribution in [0.4, 0.5) is 22.0 Å². The van der Waals surface area contributed by atoms with Crippen LogP contribution in [0, 0.1) is 18.8 Å². The van der Waals surface area contributed by atoms with Gasteiger partial charge in [0, 0.05) is 51.8 Å². The van der Waals surface area contributed by atoms with Crippen LogP contribution < -0.4 is 10.6 Å². The van der Waals surface area contributed by atoms with Crippen molar-refractivity contribution in [1.29, 1.82) is 0 Å². The quantitative estimate of drug-likeness (QED) is 0.323. The van der Waals surface area contributed by atoms with Crippen LogP contribution in [0.15, 0.2) is 18.5 Å². The van der Waals surface area contributed by atoms with Crippen LogP contribution in [-0.4, -0.2) is 73.5 Å². The number of ether oxygens (including phenoxy) is 1. The van der Waals surface area contributed by atoms with Gasteiger partial charge in [0.05, 0.1) is 29.3 Å². The van der Waals surface area contributed by atoms with Gasteiger partial charge in [-0.15, -0.1) is 0 Å². The minimum atomic E-state index is -3.67. The highest BCUT2D eigenvalue weighted by Gasteiger charge is 2.39. The third-order valence-corrected chi connectivity index (χ3v) is 8.66. The number of fused-ring (bicyclic) bond motifs is 1. The minimum Gasteiger partial charge on any atom is -0.381 e. The number of hydrogen-bond donors (Lipinski definition) is 2. The number of nitrogens with zero attached hydrogens (tertiary/aromatic N) is 6. The van der Waals surface area contributed by atoms with Gasteiger partial charge in [-0.25, -0.2) is 23.3 Å². The Kier molecular flexibility index (Phi) is 13.0. The van der Waals surface area contributed by atoms with Crippen molar-refractivity contribution < 1.29 is 36.3 Å². The van der Waals surface area contributed by atoms with E-state index in [0.717, 1.165) is 69.7 Å². The third kappa shape index (κ3) is 10.7. The Morgan fingerprint density at radius 1 is 1.13 bits per heavy atom. The van der Waals surface area contributed by atoms with Crippen LogP contribution in [0.3, 0.4) is 0 Å². The summed E-state index contributed by atoms with van der Waals surface area (Å²) < 4.78 is 65.6. The molecule has 260 valence electrons. The zero-order chi connectivity index (χ0) is 34.0. The molecule has 16 heteroatoms. The predicted octanol–water partition coefficient (Wildman–Crippen LogP) is 5.38. The molecule has 3 fully saturated rings. The molecule has 1 saturated carbocycles. The van der Waals surface area contributed by atoms with E-state index < -0.39 is 18.6 Å². The van der Waals surface area contributed by atoms with Crippen LogP contribution in [0.2, 0.25) is 0 Å². The van der Waals surface area contributed by atoms with Gasteiger partial charge in [0.1, 0.15) is 5.69 Å². The summed E-state index contributed by atoms with van der Waals surface area (Å²) in [5, 5.41) is 14.7. The first kappa shape index (κ1) is 36.2. The zero-order valence-electron chi connectivity index (χ0n) is 26.7.